The molecule has 0 saturated carbocycles. The predicted octanol–water partition coefficient (Wildman–Crippen LogP) is 18.7. The molecule has 0 aliphatic heterocycles. The summed E-state index contributed by atoms with van der Waals surface area (Å²) in [4.78, 5) is 2.52. The van der Waals surface area contributed by atoms with E-state index in [-0.39, 0.29) is 0 Å². The zero-order valence-corrected chi connectivity index (χ0v) is 38.1. The molecule has 0 saturated heterocycles. The maximum Gasteiger partial charge on any atom is 0.0726 e. The Labute approximate surface area is 405 Å². The van der Waals surface area contributed by atoms with Crippen LogP contribution in [0.1, 0.15) is 22.3 Å². The van der Waals surface area contributed by atoms with Crippen LogP contribution in [0.25, 0.3) is 109 Å². The van der Waals surface area contributed by atoms with Crippen LogP contribution >= 0.6 is 0 Å². The molecule has 70 heavy (non-hydrogen) atoms. The summed E-state index contributed by atoms with van der Waals surface area (Å²) >= 11 is 0. The molecule has 14 aromatic rings. The van der Waals surface area contributed by atoms with Gasteiger partial charge in [-0.25, -0.2) is 0 Å². The minimum atomic E-state index is -0.469. The third-order valence-corrected chi connectivity index (χ3v) is 16.1. The average Bonchev–Trinajstić information content (AvgIpc) is 3.90. The normalized spacial score (nSPS) is 13.3. The predicted molar refractivity (Wildman–Crippen MR) is 297 cm³/mol. The van der Waals surface area contributed by atoms with E-state index in [1.54, 1.807) is 0 Å². The fourth-order valence-corrected chi connectivity index (χ4v) is 13.2. The summed E-state index contributed by atoms with van der Waals surface area (Å²) in [7, 11) is 0. The molecule has 0 aromatic heterocycles. The van der Waals surface area contributed by atoms with Crippen molar-refractivity contribution in [3.05, 3.63) is 271 Å². The van der Waals surface area contributed by atoms with E-state index < -0.39 is 5.41 Å². The monoisotopic (exact) mass is 883 g/mol. The number of benzene rings is 13. The quantitative estimate of drug-likeness (QED) is 0.159. The van der Waals surface area contributed by atoms with E-state index in [1.165, 1.54) is 131 Å². The first kappa shape index (κ1) is 38.0. The van der Waals surface area contributed by atoms with Gasteiger partial charge in [-0.15, -0.1) is 0 Å². The molecule has 2 aliphatic carbocycles. The highest BCUT2D eigenvalue weighted by Crippen LogP contribution is 2.63. The van der Waals surface area contributed by atoms with Crippen molar-refractivity contribution in [2.45, 2.75) is 5.41 Å². The van der Waals surface area contributed by atoms with Crippen LogP contribution in [0.2, 0.25) is 0 Å². The largest absolute Gasteiger partial charge is 0.310 e. The number of anilines is 3. The summed E-state index contributed by atoms with van der Waals surface area (Å²) in [6, 6.07) is 94.1. The highest BCUT2D eigenvalue weighted by molar-refractivity contribution is 6.37. The van der Waals surface area contributed by atoms with Gasteiger partial charge >= 0.3 is 0 Å². The molecule has 0 heterocycles. The lowest BCUT2D eigenvalue weighted by Crippen LogP contribution is -2.26. The van der Waals surface area contributed by atoms with Crippen molar-refractivity contribution < 1.29 is 0 Å². The van der Waals surface area contributed by atoms with Crippen molar-refractivity contribution in [3.8, 4) is 33.4 Å². The molecule has 0 amide bonds. The second-order valence-electron chi connectivity index (χ2n) is 19.5. The SMILES string of the molecule is c1ccc2c(c1)-c1ccccc1C21c2ccccc2-c2ccc(N(c3ccc(-c4ccc5ccccc5c4)cc3)c3cc4ccc5cccc6c7cccc8ccc9cccc(c(c3)c4c56)c9c87)cc21. The lowest BCUT2D eigenvalue weighted by molar-refractivity contribution is 0.793. The molecule has 0 bridgehead atoms. The summed E-state index contributed by atoms with van der Waals surface area (Å²) < 4.78 is 0. The molecule has 0 atom stereocenters. The number of hydrogen-bond donors (Lipinski definition) is 0. The van der Waals surface area contributed by atoms with Crippen molar-refractivity contribution in [1.29, 1.82) is 0 Å². The molecular formula is C69H41N. The van der Waals surface area contributed by atoms with Crippen molar-refractivity contribution >= 4 is 92.5 Å². The molecule has 14 aromatic carbocycles. The fourth-order valence-electron chi connectivity index (χ4n) is 13.2. The van der Waals surface area contributed by atoms with Crippen molar-refractivity contribution in [1.82, 2.24) is 0 Å². The Bertz CT molecular complexity index is 4470. The topological polar surface area (TPSA) is 3.24 Å². The number of fused-ring (bicyclic) bond motifs is 13. The third-order valence-electron chi connectivity index (χ3n) is 16.1. The second-order valence-corrected chi connectivity index (χ2v) is 19.5. The van der Waals surface area contributed by atoms with Gasteiger partial charge in [-0.05, 0) is 174 Å². The van der Waals surface area contributed by atoms with Gasteiger partial charge in [0.25, 0.3) is 0 Å². The van der Waals surface area contributed by atoms with E-state index in [1.807, 2.05) is 0 Å². The van der Waals surface area contributed by atoms with Crippen LogP contribution in [-0.4, -0.2) is 0 Å². The van der Waals surface area contributed by atoms with Crippen LogP contribution in [0.3, 0.4) is 0 Å². The molecular weight excluding hydrogens is 843 g/mol. The van der Waals surface area contributed by atoms with Crippen LogP contribution in [-0.2, 0) is 5.41 Å². The van der Waals surface area contributed by atoms with Gasteiger partial charge in [0.15, 0.2) is 0 Å². The van der Waals surface area contributed by atoms with E-state index in [0.717, 1.165) is 17.1 Å². The van der Waals surface area contributed by atoms with Crippen LogP contribution < -0.4 is 4.90 Å². The molecule has 1 spiro atoms. The van der Waals surface area contributed by atoms with Gasteiger partial charge in [0, 0.05) is 17.1 Å². The molecule has 0 unspecified atom stereocenters. The fraction of sp³-hybridized carbons (Fsp3) is 0.0145. The Kier molecular flexibility index (Phi) is 7.60. The van der Waals surface area contributed by atoms with Gasteiger partial charge in [0.05, 0.1) is 5.41 Å². The molecule has 1 nitrogen and oxygen atoms in total. The Balaban J connectivity index is 1.00. The van der Waals surface area contributed by atoms with Gasteiger partial charge in [-0.1, -0.05) is 206 Å². The van der Waals surface area contributed by atoms with Crippen molar-refractivity contribution in [2.75, 3.05) is 4.90 Å². The zero-order valence-electron chi connectivity index (χ0n) is 38.1. The van der Waals surface area contributed by atoms with Crippen molar-refractivity contribution in [3.63, 3.8) is 0 Å². The molecule has 0 fully saturated rings. The first-order chi connectivity index (χ1) is 34.7. The molecule has 2 aliphatic rings. The van der Waals surface area contributed by atoms with Gasteiger partial charge in [-0.2, -0.15) is 0 Å². The third kappa shape index (κ3) is 5.00. The maximum absolute atomic E-state index is 2.52. The van der Waals surface area contributed by atoms with E-state index >= 15 is 0 Å². The van der Waals surface area contributed by atoms with Gasteiger partial charge in [0.1, 0.15) is 0 Å². The first-order valence-electron chi connectivity index (χ1n) is 24.5. The van der Waals surface area contributed by atoms with Gasteiger partial charge in [-0.3, -0.25) is 0 Å². The first-order valence-corrected chi connectivity index (χ1v) is 24.5. The number of hydrogen-bond acceptors (Lipinski definition) is 1. The van der Waals surface area contributed by atoms with Gasteiger partial charge in [0.2, 0.25) is 0 Å². The van der Waals surface area contributed by atoms with Crippen LogP contribution in [0.15, 0.2) is 249 Å². The molecule has 0 N–H and O–H groups in total. The molecule has 16 rings (SSSR count). The summed E-state index contributed by atoms with van der Waals surface area (Å²) in [6.07, 6.45) is 0. The standard InChI is InChI=1S/C69H41N/c1-2-13-47-38-48(30-26-42(47)12-1)43-32-34-50(35-33-43)70(51-36-37-56-55-19-5-8-25-63(55)69(64(56)41-51)61-23-6-3-17-53(61)54-18-4-7-24-62(54)69)52-39-49-31-29-46-15-10-21-58-57-20-9-14-44-27-28-45-16-11-22-59(67(45)65(44)57)60(40-52)68(49)66(46)58/h1-41H. The minimum Gasteiger partial charge on any atom is -0.310 e. The number of rotatable bonds is 4. The number of nitrogens with zero attached hydrogens (tertiary/aromatic N) is 1. The smallest absolute Gasteiger partial charge is 0.0726 e. The molecule has 1 heteroatoms. The lowest BCUT2D eigenvalue weighted by atomic mass is 9.70. The average molecular weight is 884 g/mol. The summed E-state index contributed by atoms with van der Waals surface area (Å²) in [5.74, 6) is 0. The van der Waals surface area contributed by atoms with Crippen LogP contribution in [0.5, 0.6) is 0 Å². The van der Waals surface area contributed by atoms with E-state index in [4.69, 9.17) is 0 Å². The van der Waals surface area contributed by atoms with Gasteiger partial charge < -0.3 is 4.90 Å². The highest BCUT2D eigenvalue weighted by Gasteiger charge is 2.51. The molecule has 0 radical (unpaired) electrons. The second kappa shape index (κ2) is 14.0. The highest BCUT2D eigenvalue weighted by atomic mass is 15.1. The minimum absolute atomic E-state index is 0.469. The Hall–Kier alpha value is -9.04. The van der Waals surface area contributed by atoms with E-state index in [2.05, 4.69) is 254 Å². The van der Waals surface area contributed by atoms with Crippen molar-refractivity contribution in [2.24, 2.45) is 0 Å². The summed E-state index contributed by atoms with van der Waals surface area (Å²) in [6.45, 7) is 0. The zero-order chi connectivity index (χ0) is 45.7. The van der Waals surface area contributed by atoms with Crippen LogP contribution in [0, 0.1) is 0 Å². The summed E-state index contributed by atoms with van der Waals surface area (Å²) in [5.41, 5.74) is 15.8. The Morgan fingerprint density at radius 1 is 0.229 bits per heavy atom. The summed E-state index contributed by atoms with van der Waals surface area (Å²) in [5, 5.41) is 17.8. The molecule has 322 valence electrons. The Morgan fingerprint density at radius 2 is 0.671 bits per heavy atom. The van der Waals surface area contributed by atoms with Crippen LogP contribution in [0.4, 0.5) is 17.1 Å². The van der Waals surface area contributed by atoms with E-state index in [9.17, 15) is 0 Å². The maximum atomic E-state index is 2.52. The lowest BCUT2D eigenvalue weighted by Gasteiger charge is -2.32. The van der Waals surface area contributed by atoms with E-state index in [0.29, 0.717) is 0 Å². The Morgan fingerprint density at radius 3 is 1.27 bits per heavy atom.